The summed E-state index contributed by atoms with van der Waals surface area (Å²) in [7, 11) is 0. The fourth-order valence-electron chi connectivity index (χ4n) is 3.15. The van der Waals surface area contributed by atoms with Crippen LogP contribution < -0.4 is 10.3 Å². The van der Waals surface area contributed by atoms with Crippen LogP contribution in [0.25, 0.3) is 6.08 Å². The molecule has 2 aliphatic rings. The van der Waals surface area contributed by atoms with Gasteiger partial charge in [-0.2, -0.15) is 5.10 Å². The zero-order chi connectivity index (χ0) is 15.3. The van der Waals surface area contributed by atoms with Crippen molar-refractivity contribution in [2.75, 3.05) is 4.90 Å². The molecule has 1 aromatic carbocycles. The summed E-state index contributed by atoms with van der Waals surface area (Å²) in [5.74, 6) is 0.800. The number of nitrogens with zero attached hydrogens (tertiary/aromatic N) is 3. The lowest BCUT2D eigenvalue weighted by atomic mass is 10.1. The van der Waals surface area contributed by atoms with Gasteiger partial charge in [0.25, 0.3) is 0 Å². The standard InChI is InChI=1S/C17H18N4O/c1-11-8-15-14(20(11)10-13-6-4-3-5-7-13)9-16(22)17-19-18-12(2)21(15)17/h3-9,12,18,22H,10H2,1-2H3. The number of rotatable bonds is 2. The number of benzene rings is 1. The molecule has 22 heavy (non-hydrogen) atoms. The lowest BCUT2D eigenvalue weighted by molar-refractivity contribution is 0.445. The first-order valence-electron chi connectivity index (χ1n) is 7.42. The van der Waals surface area contributed by atoms with Crippen molar-refractivity contribution < 1.29 is 5.11 Å². The monoisotopic (exact) mass is 294 g/mol. The zero-order valence-electron chi connectivity index (χ0n) is 12.6. The Kier molecular flexibility index (Phi) is 2.76. The van der Waals surface area contributed by atoms with E-state index in [0.717, 1.165) is 17.9 Å². The molecule has 2 aromatic rings. The van der Waals surface area contributed by atoms with Crippen molar-refractivity contribution >= 4 is 17.6 Å². The van der Waals surface area contributed by atoms with E-state index in [1.165, 1.54) is 11.3 Å². The molecule has 112 valence electrons. The van der Waals surface area contributed by atoms with E-state index in [1.54, 1.807) is 6.08 Å². The van der Waals surface area contributed by atoms with Crippen LogP contribution >= 0.6 is 0 Å². The lowest BCUT2D eigenvalue weighted by Gasteiger charge is -2.27. The molecule has 1 aromatic heterocycles. The van der Waals surface area contributed by atoms with E-state index < -0.39 is 0 Å². The first kappa shape index (κ1) is 13.0. The van der Waals surface area contributed by atoms with Crippen molar-refractivity contribution in [2.24, 2.45) is 5.10 Å². The molecule has 2 N–H and O–H groups in total. The zero-order valence-corrected chi connectivity index (χ0v) is 12.6. The van der Waals surface area contributed by atoms with Crippen molar-refractivity contribution in [1.29, 1.82) is 0 Å². The smallest absolute Gasteiger partial charge is 0.197 e. The number of hydrazone groups is 1. The van der Waals surface area contributed by atoms with E-state index in [4.69, 9.17) is 0 Å². The van der Waals surface area contributed by atoms with Gasteiger partial charge in [-0.25, -0.2) is 0 Å². The number of aryl methyl sites for hydroxylation is 1. The molecule has 5 heteroatoms. The number of aliphatic hydroxyl groups is 1. The average Bonchev–Trinajstić information content (AvgIpc) is 3.04. The molecule has 1 atom stereocenters. The summed E-state index contributed by atoms with van der Waals surface area (Å²) in [5.41, 5.74) is 7.53. The average molecular weight is 294 g/mol. The highest BCUT2D eigenvalue weighted by atomic mass is 16.3. The maximum atomic E-state index is 10.3. The van der Waals surface area contributed by atoms with Crippen molar-refractivity contribution in [3.63, 3.8) is 0 Å². The fraction of sp³-hybridized carbons (Fsp3) is 0.235. The first-order chi connectivity index (χ1) is 10.6. The Labute approximate surface area is 129 Å². The third-order valence-corrected chi connectivity index (χ3v) is 4.24. The minimum atomic E-state index is 0.0385. The number of nitrogens with one attached hydrogen (secondary N) is 1. The van der Waals surface area contributed by atoms with Gasteiger partial charge in [-0.1, -0.05) is 30.3 Å². The van der Waals surface area contributed by atoms with E-state index in [0.29, 0.717) is 5.84 Å². The third-order valence-electron chi connectivity index (χ3n) is 4.24. The van der Waals surface area contributed by atoms with Gasteiger partial charge in [0.2, 0.25) is 0 Å². The third kappa shape index (κ3) is 1.82. The Morgan fingerprint density at radius 2 is 2.05 bits per heavy atom. The summed E-state index contributed by atoms with van der Waals surface area (Å²) in [6, 6.07) is 12.5. The maximum Gasteiger partial charge on any atom is 0.197 e. The highest BCUT2D eigenvalue weighted by Crippen LogP contribution is 2.35. The van der Waals surface area contributed by atoms with Gasteiger partial charge in [-0.3, -0.25) is 10.3 Å². The molecule has 0 radical (unpaired) electrons. The summed E-state index contributed by atoms with van der Waals surface area (Å²) in [4.78, 5) is 2.04. The maximum absolute atomic E-state index is 10.3. The van der Waals surface area contributed by atoms with Gasteiger partial charge in [0.05, 0.1) is 11.4 Å². The van der Waals surface area contributed by atoms with Crippen molar-refractivity contribution in [3.05, 3.63) is 59.1 Å². The molecule has 0 fully saturated rings. The number of hydrogen-bond donors (Lipinski definition) is 2. The topological polar surface area (TPSA) is 52.8 Å². The number of aromatic nitrogens is 1. The number of fused-ring (bicyclic) bond motifs is 3. The van der Waals surface area contributed by atoms with Crippen molar-refractivity contribution in [2.45, 2.75) is 26.6 Å². The summed E-state index contributed by atoms with van der Waals surface area (Å²) in [6.45, 7) is 4.91. The van der Waals surface area contributed by atoms with Gasteiger partial charge in [-0.05, 0) is 25.5 Å². The van der Waals surface area contributed by atoms with E-state index in [2.05, 4.69) is 40.2 Å². The lowest BCUT2D eigenvalue weighted by Crippen LogP contribution is -2.40. The van der Waals surface area contributed by atoms with Crippen LogP contribution in [0.2, 0.25) is 0 Å². The highest BCUT2D eigenvalue weighted by Gasteiger charge is 2.35. The number of hydrogen-bond acceptors (Lipinski definition) is 4. The van der Waals surface area contributed by atoms with E-state index in [1.807, 2.05) is 30.0 Å². The van der Waals surface area contributed by atoms with Gasteiger partial charge in [0.15, 0.2) is 11.6 Å². The number of amidine groups is 1. The molecule has 1 unspecified atom stereocenters. The minimum Gasteiger partial charge on any atom is -0.504 e. The van der Waals surface area contributed by atoms with Crippen molar-refractivity contribution in [1.82, 2.24) is 9.99 Å². The van der Waals surface area contributed by atoms with Crippen LogP contribution in [-0.2, 0) is 6.54 Å². The Hall–Kier alpha value is -2.69. The SMILES string of the molecule is Cc1cc2c(n1Cc1ccccc1)C=C(O)C1=NNC(C)N12. The van der Waals surface area contributed by atoms with Gasteiger partial charge in [0.1, 0.15) is 6.17 Å². The second kappa shape index (κ2) is 4.66. The van der Waals surface area contributed by atoms with Crippen LogP contribution in [0.3, 0.4) is 0 Å². The van der Waals surface area contributed by atoms with Crippen LogP contribution in [0.4, 0.5) is 5.69 Å². The van der Waals surface area contributed by atoms with Crippen molar-refractivity contribution in [3.8, 4) is 0 Å². The molecule has 3 heterocycles. The Morgan fingerprint density at radius 1 is 1.27 bits per heavy atom. The predicted octanol–water partition coefficient (Wildman–Crippen LogP) is 2.83. The van der Waals surface area contributed by atoms with Gasteiger partial charge in [-0.15, -0.1) is 0 Å². The highest BCUT2D eigenvalue weighted by molar-refractivity contribution is 6.15. The Bertz CT molecular complexity index is 788. The summed E-state index contributed by atoms with van der Waals surface area (Å²) >= 11 is 0. The summed E-state index contributed by atoms with van der Waals surface area (Å²) in [5, 5.41) is 14.5. The second-order valence-electron chi connectivity index (χ2n) is 5.77. The van der Waals surface area contributed by atoms with E-state index in [-0.39, 0.29) is 11.9 Å². The second-order valence-corrected chi connectivity index (χ2v) is 5.77. The summed E-state index contributed by atoms with van der Waals surface area (Å²) < 4.78 is 2.22. The molecule has 5 nitrogen and oxygen atoms in total. The number of aliphatic hydroxyl groups excluding tert-OH is 1. The fourth-order valence-corrected chi connectivity index (χ4v) is 3.15. The van der Waals surface area contributed by atoms with Gasteiger partial charge in [0, 0.05) is 18.3 Å². The van der Waals surface area contributed by atoms with Crippen LogP contribution in [0.1, 0.15) is 23.9 Å². The number of anilines is 1. The quantitative estimate of drug-likeness (QED) is 0.895. The van der Waals surface area contributed by atoms with Crippen LogP contribution in [0, 0.1) is 6.92 Å². The molecule has 4 rings (SSSR count). The van der Waals surface area contributed by atoms with Crippen LogP contribution in [0.15, 0.2) is 47.3 Å². The van der Waals surface area contributed by atoms with E-state index in [9.17, 15) is 5.11 Å². The molecule has 0 bridgehead atoms. The predicted molar refractivity (Wildman–Crippen MR) is 87.8 cm³/mol. The molecule has 0 saturated heterocycles. The molecule has 0 spiro atoms. The normalized spacial score (nSPS) is 19.2. The summed E-state index contributed by atoms with van der Waals surface area (Å²) in [6.07, 6.45) is 1.84. The van der Waals surface area contributed by atoms with E-state index >= 15 is 0 Å². The molecule has 0 aliphatic carbocycles. The minimum absolute atomic E-state index is 0.0385. The van der Waals surface area contributed by atoms with Gasteiger partial charge >= 0.3 is 0 Å². The molecular formula is C17H18N4O. The Morgan fingerprint density at radius 3 is 2.82 bits per heavy atom. The molecule has 0 amide bonds. The largest absolute Gasteiger partial charge is 0.504 e. The van der Waals surface area contributed by atoms with Gasteiger partial charge < -0.3 is 9.67 Å². The molecule has 0 saturated carbocycles. The van der Waals surface area contributed by atoms with Crippen LogP contribution in [-0.4, -0.2) is 21.7 Å². The first-order valence-corrected chi connectivity index (χ1v) is 7.42. The molecular weight excluding hydrogens is 276 g/mol. The Balaban J connectivity index is 1.82. The molecule has 2 aliphatic heterocycles. The van der Waals surface area contributed by atoms with Crippen LogP contribution in [0.5, 0.6) is 0 Å².